The van der Waals surface area contributed by atoms with Crippen molar-refractivity contribution in [3.63, 3.8) is 0 Å². The lowest BCUT2D eigenvalue weighted by Crippen LogP contribution is -2.17. The molecule has 6 heteroatoms. The second-order valence-corrected chi connectivity index (χ2v) is 0.434. The summed E-state index contributed by atoms with van der Waals surface area (Å²) < 4.78 is 0. The lowest BCUT2D eigenvalue weighted by atomic mass is 12.9. The van der Waals surface area contributed by atoms with E-state index >= 15 is 0 Å². The maximum absolute atomic E-state index is 9.40. The number of rotatable bonds is 2. The highest BCUT2D eigenvalue weighted by Crippen LogP contribution is 1.58. The van der Waals surface area contributed by atoms with Gasteiger partial charge in [-0.05, 0) is 0 Å². The summed E-state index contributed by atoms with van der Waals surface area (Å²) in [4.78, 5) is 16.1. The van der Waals surface area contributed by atoms with E-state index in [9.17, 15) is 4.91 Å². The fraction of sp³-hybridized carbons (Fsp3) is 0. The standard InChI is InChI=1S/H4N3O3/c1-5-3(4)6-2/h1-2H2/q+1. The van der Waals surface area contributed by atoms with Crippen molar-refractivity contribution in [3.8, 4) is 0 Å². The SMILES string of the molecule is NO[N+](=O)ON. The fourth-order valence-corrected chi connectivity index (χ4v) is 0.0248. The lowest BCUT2D eigenvalue weighted by molar-refractivity contribution is -0.987. The second kappa shape index (κ2) is 2.36. The van der Waals surface area contributed by atoms with E-state index in [4.69, 9.17) is 0 Å². The van der Waals surface area contributed by atoms with E-state index < -0.39 is 5.09 Å². The van der Waals surface area contributed by atoms with Crippen molar-refractivity contribution < 1.29 is 15.0 Å². The molecule has 0 rings (SSSR count). The van der Waals surface area contributed by atoms with E-state index in [1.165, 1.54) is 0 Å². The average molecular weight is 94.1 g/mol. The maximum atomic E-state index is 9.40. The molecule has 0 amide bonds. The number of hydrogen-bond donors (Lipinski definition) is 2. The minimum absolute atomic E-state index is 0.444. The first-order chi connectivity index (χ1) is 2.81. The Morgan fingerprint density at radius 3 is 1.67 bits per heavy atom. The molecule has 6 heavy (non-hydrogen) atoms. The van der Waals surface area contributed by atoms with Gasteiger partial charge in [0.1, 0.15) is 4.91 Å². The Kier molecular flexibility index (Phi) is 2.02. The van der Waals surface area contributed by atoms with Gasteiger partial charge in [-0.15, -0.1) is 0 Å². The Morgan fingerprint density at radius 1 is 1.33 bits per heavy atom. The van der Waals surface area contributed by atoms with Crippen LogP contribution in [0.25, 0.3) is 0 Å². The smallest absolute Gasteiger partial charge is 0.0948 e. The van der Waals surface area contributed by atoms with Crippen LogP contribution in [-0.2, 0) is 9.88 Å². The van der Waals surface area contributed by atoms with Crippen LogP contribution in [-0.4, -0.2) is 5.09 Å². The molecule has 0 unspecified atom stereocenters. The van der Waals surface area contributed by atoms with Crippen molar-refractivity contribution in [2.45, 2.75) is 0 Å². The van der Waals surface area contributed by atoms with Crippen molar-refractivity contribution in [2.24, 2.45) is 11.8 Å². The van der Waals surface area contributed by atoms with Crippen LogP contribution >= 0.6 is 0 Å². The highest BCUT2D eigenvalue weighted by molar-refractivity contribution is 3.60. The summed E-state index contributed by atoms with van der Waals surface area (Å²) in [5, 5.41) is -0.444. The van der Waals surface area contributed by atoms with E-state index in [1.54, 1.807) is 0 Å². The van der Waals surface area contributed by atoms with Gasteiger partial charge in [-0.1, -0.05) is 21.7 Å². The van der Waals surface area contributed by atoms with E-state index in [2.05, 4.69) is 21.7 Å². The molecule has 0 aromatic carbocycles. The summed E-state index contributed by atoms with van der Waals surface area (Å²) in [7, 11) is 0. The third kappa shape index (κ3) is 1.44. The normalized spacial score (nSPS) is 7.00. The lowest BCUT2D eigenvalue weighted by Gasteiger charge is -1.71. The summed E-state index contributed by atoms with van der Waals surface area (Å²) in [6, 6.07) is 0. The Bertz CT molecular complexity index is 44.0. The van der Waals surface area contributed by atoms with Crippen LogP contribution in [0.4, 0.5) is 0 Å². The molecule has 0 aliphatic carbocycles. The highest BCUT2D eigenvalue weighted by atomic mass is 17.1. The highest BCUT2D eigenvalue weighted by Gasteiger charge is 2.02. The Morgan fingerprint density at radius 2 is 1.67 bits per heavy atom. The zero-order valence-corrected chi connectivity index (χ0v) is 2.83. The zero-order valence-electron chi connectivity index (χ0n) is 2.83. The van der Waals surface area contributed by atoms with E-state index in [-0.39, 0.29) is 0 Å². The molecule has 0 atom stereocenters. The van der Waals surface area contributed by atoms with Crippen LogP contribution in [0.5, 0.6) is 0 Å². The topological polar surface area (TPSA) is 90.6 Å². The number of nitrogens with two attached hydrogens (primary N) is 2. The molecule has 0 bridgehead atoms. The van der Waals surface area contributed by atoms with Crippen molar-refractivity contribution >= 4 is 0 Å². The Labute approximate surface area is 33.0 Å². The average Bonchev–Trinajstić information content (AvgIpc) is 1.65. The van der Waals surface area contributed by atoms with Gasteiger partial charge in [-0.3, -0.25) is 0 Å². The largest absolute Gasteiger partial charge is 0.519 e. The molecule has 0 heterocycles. The monoisotopic (exact) mass is 94.0 g/mol. The van der Waals surface area contributed by atoms with Gasteiger partial charge >= 0.3 is 5.09 Å². The zero-order chi connectivity index (χ0) is 4.99. The molecule has 0 aromatic heterocycles. The van der Waals surface area contributed by atoms with Crippen LogP contribution in [0.15, 0.2) is 0 Å². The summed E-state index contributed by atoms with van der Waals surface area (Å²) in [5.41, 5.74) is 0. The molecule has 0 spiro atoms. The molecule has 0 aliphatic rings. The maximum Gasteiger partial charge on any atom is 0.519 e. The summed E-state index contributed by atoms with van der Waals surface area (Å²) in [6.07, 6.45) is 0. The summed E-state index contributed by atoms with van der Waals surface area (Å²) >= 11 is 0. The van der Waals surface area contributed by atoms with Gasteiger partial charge in [0.2, 0.25) is 0 Å². The van der Waals surface area contributed by atoms with Gasteiger partial charge in [0.25, 0.3) is 0 Å². The van der Waals surface area contributed by atoms with Crippen molar-refractivity contribution in [1.29, 1.82) is 0 Å². The third-order valence-electron chi connectivity index (χ3n) is 0.172. The molecule has 0 aromatic rings. The predicted molar refractivity (Wildman–Crippen MR) is 14.2 cm³/mol. The molecular formula is H4N3O3+. The van der Waals surface area contributed by atoms with Gasteiger partial charge in [0.15, 0.2) is 0 Å². The summed E-state index contributed by atoms with van der Waals surface area (Å²) in [5.74, 6) is 8.38. The molecule has 4 N–H and O–H groups in total. The van der Waals surface area contributed by atoms with E-state index in [0.717, 1.165) is 0 Å². The quantitative estimate of drug-likeness (QED) is 0.401. The van der Waals surface area contributed by atoms with Gasteiger partial charge in [0, 0.05) is 0 Å². The van der Waals surface area contributed by atoms with Crippen LogP contribution in [0.1, 0.15) is 0 Å². The fourth-order valence-electron chi connectivity index (χ4n) is 0.0248. The molecular weight excluding hydrogens is 90.0 g/mol. The summed E-state index contributed by atoms with van der Waals surface area (Å²) in [6.45, 7) is 0. The third-order valence-corrected chi connectivity index (χ3v) is 0.172. The molecule has 0 saturated heterocycles. The molecule has 0 aliphatic heterocycles. The second-order valence-electron chi connectivity index (χ2n) is 0.434. The molecule has 0 fully saturated rings. The van der Waals surface area contributed by atoms with Gasteiger partial charge < -0.3 is 0 Å². The minimum Gasteiger partial charge on any atom is -0.0948 e. The van der Waals surface area contributed by atoms with Crippen molar-refractivity contribution in [1.82, 2.24) is 0 Å². The van der Waals surface area contributed by atoms with E-state index in [1.807, 2.05) is 0 Å². The first-order valence-corrected chi connectivity index (χ1v) is 1.02. The Hall–Kier alpha value is -0.880. The van der Waals surface area contributed by atoms with Crippen LogP contribution in [0.2, 0.25) is 0 Å². The molecule has 6 nitrogen and oxygen atoms in total. The first kappa shape index (κ1) is 5.12. The Balaban J connectivity index is 2.99. The molecule has 0 radical (unpaired) electrons. The van der Waals surface area contributed by atoms with Crippen LogP contribution in [0, 0.1) is 4.91 Å². The van der Waals surface area contributed by atoms with Gasteiger partial charge in [-0.25, -0.2) is 0 Å². The van der Waals surface area contributed by atoms with Gasteiger partial charge in [0.05, 0.1) is 0 Å². The van der Waals surface area contributed by atoms with Crippen LogP contribution in [0.3, 0.4) is 0 Å². The number of nitrogens with zero attached hydrogens (tertiary/aromatic N) is 1. The van der Waals surface area contributed by atoms with E-state index in [0.29, 0.717) is 0 Å². The van der Waals surface area contributed by atoms with Crippen molar-refractivity contribution in [2.75, 3.05) is 0 Å². The molecule has 36 valence electrons. The van der Waals surface area contributed by atoms with Crippen LogP contribution < -0.4 is 11.8 Å². The number of hydrogen-bond acceptors (Lipinski definition) is 5. The molecule has 0 saturated carbocycles. The first-order valence-electron chi connectivity index (χ1n) is 1.02. The predicted octanol–water partition coefficient (Wildman–Crippen LogP) is -1.62. The van der Waals surface area contributed by atoms with Gasteiger partial charge in [-0.2, -0.15) is 0 Å². The van der Waals surface area contributed by atoms with Crippen molar-refractivity contribution in [3.05, 3.63) is 4.91 Å². The minimum atomic E-state index is -0.444.